The number of hydrogen-bond acceptors (Lipinski definition) is 3. The Labute approximate surface area is 128 Å². The van der Waals surface area contributed by atoms with Crippen molar-refractivity contribution in [2.75, 3.05) is 13.2 Å². The molecule has 114 valence electrons. The number of halogens is 1. The molecule has 1 unspecified atom stereocenters. The summed E-state index contributed by atoms with van der Waals surface area (Å²) in [5.41, 5.74) is 1.87. The summed E-state index contributed by atoms with van der Waals surface area (Å²) in [4.78, 5) is 16.2. The van der Waals surface area contributed by atoms with E-state index >= 15 is 0 Å². The Bertz CT molecular complexity index is 669. The van der Waals surface area contributed by atoms with Crippen LogP contribution in [0.3, 0.4) is 0 Å². The minimum Gasteiger partial charge on any atom is -0.376 e. The minimum atomic E-state index is -0.314. The predicted octanol–water partition coefficient (Wildman–Crippen LogP) is 2.80. The van der Waals surface area contributed by atoms with Gasteiger partial charge in [0.05, 0.1) is 11.7 Å². The monoisotopic (exact) mass is 300 g/mol. The Morgan fingerprint density at radius 2 is 2.23 bits per heavy atom. The van der Waals surface area contributed by atoms with Gasteiger partial charge in [0, 0.05) is 31.1 Å². The van der Waals surface area contributed by atoms with Crippen molar-refractivity contribution in [3.8, 4) is 11.1 Å². The fourth-order valence-electron chi connectivity index (χ4n) is 2.50. The normalized spacial score (nSPS) is 17.4. The van der Waals surface area contributed by atoms with Crippen molar-refractivity contribution < 1.29 is 13.9 Å². The SMILES string of the molecule is O=C(NCC1CCCO1)c1cncc(-c2cccc(F)c2)c1. The van der Waals surface area contributed by atoms with E-state index in [9.17, 15) is 9.18 Å². The summed E-state index contributed by atoms with van der Waals surface area (Å²) in [7, 11) is 0. The average molecular weight is 300 g/mol. The molecule has 4 nitrogen and oxygen atoms in total. The van der Waals surface area contributed by atoms with Crippen LogP contribution in [0.15, 0.2) is 42.7 Å². The van der Waals surface area contributed by atoms with Gasteiger partial charge in [-0.2, -0.15) is 0 Å². The number of ether oxygens (including phenoxy) is 1. The molecule has 22 heavy (non-hydrogen) atoms. The van der Waals surface area contributed by atoms with Gasteiger partial charge in [-0.25, -0.2) is 4.39 Å². The van der Waals surface area contributed by atoms with Crippen molar-refractivity contribution in [2.45, 2.75) is 18.9 Å². The Kier molecular flexibility index (Phi) is 4.44. The quantitative estimate of drug-likeness (QED) is 0.944. The molecule has 1 aromatic heterocycles. The van der Waals surface area contributed by atoms with Crippen LogP contribution in [0.2, 0.25) is 0 Å². The lowest BCUT2D eigenvalue weighted by Crippen LogP contribution is -2.31. The van der Waals surface area contributed by atoms with E-state index < -0.39 is 0 Å². The van der Waals surface area contributed by atoms with Crippen molar-refractivity contribution in [2.24, 2.45) is 0 Å². The molecule has 2 heterocycles. The van der Waals surface area contributed by atoms with E-state index in [2.05, 4.69) is 10.3 Å². The van der Waals surface area contributed by atoms with Gasteiger partial charge in [0.15, 0.2) is 0 Å². The van der Waals surface area contributed by atoms with E-state index in [4.69, 9.17) is 4.74 Å². The smallest absolute Gasteiger partial charge is 0.252 e. The van der Waals surface area contributed by atoms with Crippen LogP contribution < -0.4 is 5.32 Å². The molecule has 1 saturated heterocycles. The molecule has 5 heteroatoms. The molecule has 0 radical (unpaired) electrons. The fourth-order valence-corrected chi connectivity index (χ4v) is 2.50. The highest BCUT2D eigenvalue weighted by Gasteiger charge is 2.17. The first-order valence-electron chi connectivity index (χ1n) is 7.33. The Morgan fingerprint density at radius 1 is 1.32 bits per heavy atom. The summed E-state index contributed by atoms with van der Waals surface area (Å²) in [6.45, 7) is 1.26. The molecule has 0 aliphatic carbocycles. The first-order valence-corrected chi connectivity index (χ1v) is 7.33. The highest BCUT2D eigenvalue weighted by atomic mass is 19.1. The summed E-state index contributed by atoms with van der Waals surface area (Å²) < 4.78 is 18.8. The number of rotatable bonds is 4. The van der Waals surface area contributed by atoms with Crippen LogP contribution in [0.25, 0.3) is 11.1 Å². The predicted molar refractivity (Wildman–Crippen MR) is 80.9 cm³/mol. The summed E-state index contributed by atoms with van der Waals surface area (Å²) in [5.74, 6) is -0.507. The van der Waals surface area contributed by atoms with Gasteiger partial charge < -0.3 is 10.1 Å². The lowest BCUT2D eigenvalue weighted by molar-refractivity contribution is 0.0857. The summed E-state index contributed by atoms with van der Waals surface area (Å²) in [5, 5.41) is 2.85. The zero-order valence-electron chi connectivity index (χ0n) is 12.1. The van der Waals surface area contributed by atoms with Crippen LogP contribution in [0, 0.1) is 5.82 Å². The van der Waals surface area contributed by atoms with Gasteiger partial charge in [-0.1, -0.05) is 12.1 Å². The van der Waals surface area contributed by atoms with Crippen molar-refractivity contribution in [1.82, 2.24) is 10.3 Å². The molecule has 1 amide bonds. The zero-order chi connectivity index (χ0) is 15.4. The second-order valence-electron chi connectivity index (χ2n) is 5.32. The number of amides is 1. The molecule has 1 fully saturated rings. The number of nitrogens with zero attached hydrogens (tertiary/aromatic N) is 1. The maximum Gasteiger partial charge on any atom is 0.252 e. The number of aromatic nitrogens is 1. The molecule has 2 aromatic rings. The Balaban J connectivity index is 1.71. The lowest BCUT2D eigenvalue weighted by atomic mass is 10.1. The van der Waals surface area contributed by atoms with E-state index in [-0.39, 0.29) is 17.8 Å². The van der Waals surface area contributed by atoms with Gasteiger partial charge in [0.1, 0.15) is 5.82 Å². The number of hydrogen-bond donors (Lipinski definition) is 1. The molecule has 1 aromatic carbocycles. The largest absolute Gasteiger partial charge is 0.376 e. The lowest BCUT2D eigenvalue weighted by Gasteiger charge is -2.11. The highest BCUT2D eigenvalue weighted by Crippen LogP contribution is 2.20. The molecule has 1 N–H and O–H groups in total. The number of carbonyl (C=O) groups is 1. The van der Waals surface area contributed by atoms with Crippen LogP contribution in [-0.2, 0) is 4.74 Å². The van der Waals surface area contributed by atoms with E-state index in [0.29, 0.717) is 23.2 Å². The minimum absolute atomic E-state index is 0.100. The van der Waals surface area contributed by atoms with Gasteiger partial charge >= 0.3 is 0 Å². The highest BCUT2D eigenvalue weighted by molar-refractivity contribution is 5.95. The second-order valence-corrected chi connectivity index (χ2v) is 5.32. The molecule has 0 spiro atoms. The van der Waals surface area contributed by atoms with Gasteiger partial charge in [0.2, 0.25) is 0 Å². The molecule has 3 rings (SSSR count). The third-order valence-corrected chi connectivity index (χ3v) is 3.67. The van der Waals surface area contributed by atoms with Crippen LogP contribution in [0.4, 0.5) is 4.39 Å². The molecule has 1 aliphatic rings. The van der Waals surface area contributed by atoms with Gasteiger partial charge in [-0.15, -0.1) is 0 Å². The number of nitrogens with one attached hydrogen (secondary N) is 1. The standard InChI is InChI=1S/C17H17FN2O2/c18-15-4-1-3-12(8-15)13-7-14(10-19-9-13)17(21)20-11-16-5-2-6-22-16/h1,3-4,7-10,16H,2,5-6,11H2,(H,20,21). The van der Waals surface area contributed by atoms with Crippen molar-refractivity contribution in [3.63, 3.8) is 0 Å². The first kappa shape index (κ1) is 14.7. The average Bonchev–Trinajstić information content (AvgIpc) is 3.06. The summed E-state index contributed by atoms with van der Waals surface area (Å²) in [6, 6.07) is 7.94. The maximum absolute atomic E-state index is 13.3. The summed E-state index contributed by atoms with van der Waals surface area (Å²) >= 11 is 0. The zero-order valence-corrected chi connectivity index (χ0v) is 12.1. The second kappa shape index (κ2) is 6.66. The topological polar surface area (TPSA) is 51.2 Å². The van der Waals surface area contributed by atoms with Crippen molar-refractivity contribution >= 4 is 5.91 Å². The van der Waals surface area contributed by atoms with E-state index in [1.165, 1.54) is 18.3 Å². The third kappa shape index (κ3) is 3.49. The molecule has 0 bridgehead atoms. The molecule has 1 atom stereocenters. The van der Waals surface area contributed by atoms with E-state index in [1.807, 2.05) is 0 Å². The van der Waals surface area contributed by atoms with Gasteiger partial charge in [-0.3, -0.25) is 9.78 Å². The molecule has 0 saturated carbocycles. The van der Waals surface area contributed by atoms with Gasteiger partial charge in [0.25, 0.3) is 5.91 Å². The number of pyridine rings is 1. The van der Waals surface area contributed by atoms with Crippen LogP contribution in [0.5, 0.6) is 0 Å². The molecule has 1 aliphatic heterocycles. The fraction of sp³-hybridized carbons (Fsp3) is 0.294. The third-order valence-electron chi connectivity index (χ3n) is 3.67. The van der Waals surface area contributed by atoms with Crippen LogP contribution in [-0.4, -0.2) is 30.1 Å². The van der Waals surface area contributed by atoms with Crippen LogP contribution >= 0.6 is 0 Å². The molecular weight excluding hydrogens is 283 g/mol. The van der Waals surface area contributed by atoms with E-state index in [1.54, 1.807) is 24.4 Å². The van der Waals surface area contributed by atoms with E-state index in [0.717, 1.165) is 19.4 Å². The van der Waals surface area contributed by atoms with Crippen molar-refractivity contribution in [3.05, 3.63) is 54.1 Å². The first-order chi connectivity index (χ1) is 10.7. The van der Waals surface area contributed by atoms with Crippen LogP contribution in [0.1, 0.15) is 23.2 Å². The number of benzene rings is 1. The summed E-state index contributed by atoms with van der Waals surface area (Å²) in [6.07, 6.45) is 5.24. The number of carbonyl (C=O) groups excluding carboxylic acids is 1. The van der Waals surface area contributed by atoms with Gasteiger partial charge in [-0.05, 0) is 36.6 Å². The Hall–Kier alpha value is -2.27. The van der Waals surface area contributed by atoms with Crippen molar-refractivity contribution in [1.29, 1.82) is 0 Å². The Morgan fingerprint density at radius 3 is 3.00 bits per heavy atom. The molecular formula is C17H17FN2O2. The maximum atomic E-state index is 13.3.